The van der Waals surface area contributed by atoms with Gasteiger partial charge >= 0.3 is 0 Å². The van der Waals surface area contributed by atoms with E-state index in [0.717, 1.165) is 98.9 Å². The number of anilines is 3. The standard InChI is InChI=1S/C83H70N4O6/c1-40(2)47-15-11-16-48(41(3)4)75(47)85-78(88)62-35-29-58-60-31-37-66-74-67(38-32-61(71(60)74)59-30-36-63(79(85)89)73(62)70(58)59)83(93)87(82(66)92)77-50(43(7)8)18-13-20-52(77)45(10)24-23-44(9)51-19-12-17-49(42(5)6)76(51)86-80(90)64-33-27-56-54-22-14-21-53-46(39-84)25-26-55(68(53)54)57-28-34-65(81(86)91)72(64)69(56)57/h11-22,25-38,40-45,58,61-62,71H,23-24H2,1-10H3. The quantitative estimate of drug-likeness (QED) is 0.0514. The number of allylic oxidation sites excluding steroid dienone is 5. The van der Waals surface area contributed by atoms with Crippen molar-refractivity contribution in [1.82, 2.24) is 0 Å². The van der Waals surface area contributed by atoms with Crippen LogP contribution in [0.1, 0.15) is 222 Å². The molecule has 6 atom stereocenters. The highest BCUT2D eigenvalue weighted by Gasteiger charge is 2.54. The van der Waals surface area contributed by atoms with E-state index in [0.29, 0.717) is 68.7 Å². The maximum Gasteiger partial charge on any atom is 0.266 e. The molecule has 458 valence electrons. The van der Waals surface area contributed by atoms with E-state index in [1.54, 1.807) is 0 Å². The molecule has 93 heavy (non-hydrogen) atoms. The summed E-state index contributed by atoms with van der Waals surface area (Å²) in [6.07, 6.45) is 13.4. The van der Waals surface area contributed by atoms with Crippen LogP contribution in [0.4, 0.5) is 17.1 Å². The van der Waals surface area contributed by atoms with Gasteiger partial charge in [0.15, 0.2) is 0 Å². The van der Waals surface area contributed by atoms with Gasteiger partial charge in [-0.2, -0.15) is 5.26 Å². The van der Waals surface area contributed by atoms with Crippen LogP contribution in [0.15, 0.2) is 180 Å². The Balaban J connectivity index is 0.717. The van der Waals surface area contributed by atoms with Gasteiger partial charge in [-0.25, -0.2) is 14.7 Å². The van der Waals surface area contributed by atoms with Gasteiger partial charge in [-0.15, -0.1) is 0 Å². The third-order valence-corrected chi connectivity index (χ3v) is 21.8. The van der Waals surface area contributed by atoms with Gasteiger partial charge in [0.2, 0.25) is 5.91 Å². The smallest absolute Gasteiger partial charge is 0.266 e. The van der Waals surface area contributed by atoms with E-state index in [4.69, 9.17) is 0 Å². The largest absolute Gasteiger partial charge is 0.273 e. The van der Waals surface area contributed by atoms with Gasteiger partial charge in [-0.3, -0.25) is 28.8 Å². The Morgan fingerprint density at radius 2 is 0.903 bits per heavy atom. The van der Waals surface area contributed by atoms with Crippen LogP contribution in [0, 0.1) is 17.2 Å². The fraction of sp³-hybridized carbons (Fsp3) is 0.265. The summed E-state index contributed by atoms with van der Waals surface area (Å²) in [4.78, 5) is 96.6. The normalized spacial score (nSPS) is 20.2. The first kappa shape index (κ1) is 58.0. The first-order valence-corrected chi connectivity index (χ1v) is 33.1. The van der Waals surface area contributed by atoms with Gasteiger partial charge in [0.05, 0.1) is 34.6 Å². The maximum atomic E-state index is 15.7. The van der Waals surface area contributed by atoms with Crippen molar-refractivity contribution in [3.8, 4) is 6.07 Å². The maximum absolute atomic E-state index is 15.7. The zero-order chi connectivity index (χ0) is 64.6. The Bertz CT molecular complexity index is 5070. The lowest BCUT2D eigenvalue weighted by molar-refractivity contribution is -0.123. The molecule has 10 nitrogen and oxygen atoms in total. The third kappa shape index (κ3) is 7.98. The molecule has 0 saturated heterocycles. The highest BCUT2D eigenvalue weighted by molar-refractivity contribution is 6.43. The molecule has 0 saturated carbocycles. The molecule has 9 aromatic carbocycles. The number of hydrogen-bond donors (Lipinski definition) is 0. The van der Waals surface area contributed by atoms with Crippen molar-refractivity contribution in [1.29, 1.82) is 5.26 Å². The van der Waals surface area contributed by atoms with Crippen LogP contribution in [-0.4, -0.2) is 35.4 Å². The van der Waals surface area contributed by atoms with Crippen molar-refractivity contribution < 1.29 is 28.8 Å². The molecule has 4 aliphatic carbocycles. The second-order valence-corrected chi connectivity index (χ2v) is 28.1. The van der Waals surface area contributed by atoms with Crippen LogP contribution in [0.5, 0.6) is 0 Å². The number of nitrogens with zero attached hydrogens (tertiary/aromatic N) is 4. The molecule has 0 bridgehead atoms. The molecule has 3 aliphatic heterocycles. The Morgan fingerprint density at radius 1 is 0.430 bits per heavy atom. The molecule has 10 heteroatoms. The van der Waals surface area contributed by atoms with E-state index >= 15 is 28.8 Å². The summed E-state index contributed by atoms with van der Waals surface area (Å²) in [5, 5.41) is 17.2. The minimum atomic E-state index is -0.661. The number of carbonyl (C=O) groups excluding carboxylic acids is 6. The van der Waals surface area contributed by atoms with Gasteiger partial charge in [-0.1, -0.05) is 202 Å². The second-order valence-electron chi connectivity index (χ2n) is 28.1. The summed E-state index contributed by atoms with van der Waals surface area (Å²) in [6, 6.07) is 42.1. The molecule has 3 heterocycles. The van der Waals surface area contributed by atoms with Crippen LogP contribution in [0.2, 0.25) is 0 Å². The average molecular weight is 1220 g/mol. The van der Waals surface area contributed by atoms with Crippen molar-refractivity contribution in [2.24, 2.45) is 5.92 Å². The van der Waals surface area contributed by atoms with E-state index in [-0.39, 0.29) is 88.7 Å². The van der Waals surface area contributed by atoms with Crippen molar-refractivity contribution in [2.45, 2.75) is 135 Å². The van der Waals surface area contributed by atoms with E-state index < -0.39 is 5.92 Å². The summed E-state index contributed by atoms with van der Waals surface area (Å²) in [5.41, 5.74) is 14.9. The number of carbonyl (C=O) groups is 6. The van der Waals surface area contributed by atoms with E-state index in [9.17, 15) is 5.26 Å². The van der Waals surface area contributed by atoms with Crippen molar-refractivity contribution in [3.63, 3.8) is 0 Å². The lowest BCUT2D eigenvalue weighted by Crippen LogP contribution is -2.49. The molecule has 7 aliphatic rings. The van der Waals surface area contributed by atoms with E-state index in [2.05, 4.69) is 112 Å². The summed E-state index contributed by atoms with van der Waals surface area (Å²) in [7, 11) is 0. The van der Waals surface area contributed by atoms with Crippen molar-refractivity contribution in [2.75, 3.05) is 14.7 Å². The van der Waals surface area contributed by atoms with Crippen molar-refractivity contribution in [3.05, 3.63) is 252 Å². The molecule has 0 aromatic heterocycles. The Kier molecular flexibility index (Phi) is 13.1. The molecule has 9 aromatic rings. The summed E-state index contributed by atoms with van der Waals surface area (Å²) >= 11 is 0. The fourth-order valence-electron chi connectivity index (χ4n) is 17.4. The van der Waals surface area contributed by atoms with Crippen LogP contribution >= 0.6 is 0 Å². The first-order chi connectivity index (χ1) is 44.8. The second kappa shape index (κ2) is 21.0. The van der Waals surface area contributed by atoms with Crippen LogP contribution in [0.25, 0.3) is 43.1 Å². The average Bonchev–Trinajstić information content (AvgIpc) is 0.696. The highest BCUT2D eigenvalue weighted by atomic mass is 16.2. The van der Waals surface area contributed by atoms with Gasteiger partial charge in [0.1, 0.15) is 0 Å². The fourth-order valence-corrected chi connectivity index (χ4v) is 17.4. The van der Waals surface area contributed by atoms with E-state index in [1.807, 2.05) is 121 Å². The Labute approximate surface area is 541 Å². The van der Waals surface area contributed by atoms with Gasteiger partial charge in [-0.05, 0) is 167 Å². The lowest BCUT2D eigenvalue weighted by atomic mass is 9.56. The van der Waals surface area contributed by atoms with Crippen LogP contribution in [0.3, 0.4) is 0 Å². The molecule has 16 rings (SSSR count). The molecule has 0 spiro atoms. The molecular weight excluding hydrogens is 1150 g/mol. The molecule has 6 unspecified atom stereocenters. The molecule has 0 radical (unpaired) electrons. The van der Waals surface area contributed by atoms with Gasteiger partial charge < -0.3 is 0 Å². The van der Waals surface area contributed by atoms with Gasteiger partial charge in [0, 0.05) is 56.4 Å². The number of benzene rings is 9. The van der Waals surface area contributed by atoms with Crippen molar-refractivity contribution >= 4 is 95.6 Å². The number of nitriles is 1. The summed E-state index contributed by atoms with van der Waals surface area (Å²) in [5.74, 6) is -3.74. The molecular formula is C83H70N4O6. The molecule has 0 N–H and O–H groups in total. The first-order valence-electron chi connectivity index (χ1n) is 33.1. The number of fused-ring (bicyclic) bond motifs is 4. The predicted molar refractivity (Wildman–Crippen MR) is 369 cm³/mol. The zero-order valence-electron chi connectivity index (χ0n) is 53.9. The number of para-hydroxylation sites is 3. The third-order valence-electron chi connectivity index (χ3n) is 21.8. The number of hydrogen-bond acceptors (Lipinski definition) is 7. The topological polar surface area (TPSA) is 136 Å². The highest BCUT2D eigenvalue weighted by Crippen LogP contribution is 2.61. The zero-order valence-corrected chi connectivity index (χ0v) is 53.9. The van der Waals surface area contributed by atoms with E-state index in [1.165, 1.54) is 14.7 Å². The number of rotatable bonds is 12. The molecule has 6 amide bonds. The summed E-state index contributed by atoms with van der Waals surface area (Å²) in [6.45, 7) is 21.1. The number of amides is 6. The minimum absolute atomic E-state index is 0.0316. The Hall–Kier alpha value is -10.1. The lowest BCUT2D eigenvalue weighted by Gasteiger charge is -2.49. The molecule has 0 fully saturated rings. The SMILES string of the molecule is CC(C)c1cccc(C(C)C)c1N1C(=O)c2ccc3c4c2C(C=CC4C2=CC=C4C(=O)N(c5c(C(C)C)cccc5C(C)CCC(C)c5cccc(C(C)C)c5N5C(=O)c6ccc7c8cccc9c(C#N)ccc(c%10ccc(c6c7%10)C5=O)c98)C(=O)C5=C4C2C3C=C5)C1=O. The predicted octanol–water partition coefficient (Wildman–Crippen LogP) is 18.5. The monoisotopic (exact) mass is 1220 g/mol. The van der Waals surface area contributed by atoms with Gasteiger partial charge in [0.25, 0.3) is 29.5 Å². The van der Waals surface area contributed by atoms with Crippen LogP contribution < -0.4 is 14.7 Å². The minimum Gasteiger partial charge on any atom is -0.273 e. The number of imide groups is 3. The van der Waals surface area contributed by atoms with Crippen LogP contribution in [-0.2, 0) is 14.4 Å². The summed E-state index contributed by atoms with van der Waals surface area (Å²) < 4.78 is 0. The Morgan fingerprint density at radius 3 is 1.47 bits per heavy atom.